The first-order chi connectivity index (χ1) is 12.0. The van der Waals surface area contributed by atoms with Crippen LogP contribution < -0.4 is 10.6 Å². The van der Waals surface area contributed by atoms with Crippen LogP contribution >= 0.6 is 23.4 Å². The summed E-state index contributed by atoms with van der Waals surface area (Å²) in [5.41, 5.74) is 0.984. The maximum Gasteiger partial charge on any atom is 0.253 e. The van der Waals surface area contributed by atoms with E-state index in [4.69, 9.17) is 11.6 Å². The van der Waals surface area contributed by atoms with Crippen LogP contribution in [0.2, 0.25) is 5.02 Å². The molecular weight excluding hydrogens is 356 g/mol. The molecule has 0 spiro atoms. The maximum atomic E-state index is 12.3. The Morgan fingerprint density at radius 1 is 1.12 bits per heavy atom. The van der Waals surface area contributed by atoms with Crippen LogP contribution in [-0.2, 0) is 4.79 Å². The van der Waals surface area contributed by atoms with Gasteiger partial charge in [0.1, 0.15) is 0 Å². The van der Waals surface area contributed by atoms with E-state index in [1.807, 2.05) is 26.0 Å². The van der Waals surface area contributed by atoms with Gasteiger partial charge in [-0.15, -0.1) is 11.8 Å². The van der Waals surface area contributed by atoms with Gasteiger partial charge in [-0.1, -0.05) is 30.7 Å². The molecule has 0 saturated heterocycles. The summed E-state index contributed by atoms with van der Waals surface area (Å²) in [5, 5.41) is 6.39. The van der Waals surface area contributed by atoms with Crippen molar-refractivity contribution in [2.24, 2.45) is 0 Å². The van der Waals surface area contributed by atoms with Gasteiger partial charge in [-0.3, -0.25) is 9.59 Å². The smallest absolute Gasteiger partial charge is 0.253 e. The third-order valence-corrected chi connectivity index (χ3v) is 4.88. The molecule has 0 fully saturated rings. The first kappa shape index (κ1) is 19.3. The SMILES string of the molecule is CC[C@H](C)NC(=O)c1ccccc1NC(=O)CSc1ccc(Cl)cc1. The molecule has 132 valence electrons. The van der Waals surface area contributed by atoms with E-state index in [1.165, 1.54) is 11.8 Å². The number of para-hydroxylation sites is 1. The van der Waals surface area contributed by atoms with E-state index in [-0.39, 0.29) is 23.6 Å². The number of carbonyl (C=O) groups is 2. The van der Waals surface area contributed by atoms with Crippen molar-refractivity contribution < 1.29 is 9.59 Å². The number of hydrogen-bond acceptors (Lipinski definition) is 3. The lowest BCUT2D eigenvalue weighted by atomic mass is 10.1. The monoisotopic (exact) mass is 376 g/mol. The quantitative estimate of drug-likeness (QED) is 0.694. The topological polar surface area (TPSA) is 58.2 Å². The zero-order valence-corrected chi connectivity index (χ0v) is 15.8. The summed E-state index contributed by atoms with van der Waals surface area (Å²) in [7, 11) is 0. The second kappa shape index (κ2) is 9.49. The molecule has 2 aromatic carbocycles. The lowest BCUT2D eigenvalue weighted by Gasteiger charge is -2.14. The van der Waals surface area contributed by atoms with Gasteiger partial charge in [-0.05, 0) is 49.7 Å². The highest BCUT2D eigenvalue weighted by molar-refractivity contribution is 8.00. The van der Waals surface area contributed by atoms with Crippen LogP contribution in [0.3, 0.4) is 0 Å². The second-order valence-corrected chi connectivity index (χ2v) is 7.10. The molecular formula is C19H21ClN2O2S. The molecule has 0 bridgehead atoms. The first-order valence-corrected chi connectivity index (χ1v) is 9.44. The fourth-order valence-electron chi connectivity index (χ4n) is 2.06. The van der Waals surface area contributed by atoms with Crippen molar-refractivity contribution in [3.8, 4) is 0 Å². The van der Waals surface area contributed by atoms with Crippen molar-refractivity contribution in [1.82, 2.24) is 5.32 Å². The summed E-state index contributed by atoms with van der Waals surface area (Å²) in [6.45, 7) is 3.95. The molecule has 0 unspecified atom stereocenters. The average molecular weight is 377 g/mol. The van der Waals surface area contributed by atoms with Crippen LogP contribution in [0.25, 0.3) is 0 Å². The fourth-order valence-corrected chi connectivity index (χ4v) is 2.88. The Morgan fingerprint density at radius 3 is 2.48 bits per heavy atom. The number of rotatable bonds is 7. The summed E-state index contributed by atoms with van der Waals surface area (Å²) in [6, 6.07) is 14.4. The summed E-state index contributed by atoms with van der Waals surface area (Å²) in [6.07, 6.45) is 0.845. The van der Waals surface area contributed by atoms with Crippen molar-refractivity contribution in [3.05, 3.63) is 59.1 Å². The molecule has 2 N–H and O–H groups in total. The standard InChI is InChI=1S/C19H21ClN2O2S/c1-3-13(2)21-19(24)16-6-4-5-7-17(16)22-18(23)12-25-15-10-8-14(20)9-11-15/h4-11,13H,3,12H2,1-2H3,(H,21,24)(H,22,23)/t13-/m0/s1. The predicted molar refractivity (Wildman–Crippen MR) is 104 cm³/mol. The highest BCUT2D eigenvalue weighted by Gasteiger charge is 2.14. The number of anilines is 1. The maximum absolute atomic E-state index is 12.3. The van der Waals surface area contributed by atoms with Crippen LogP contribution in [0, 0.1) is 0 Å². The fraction of sp³-hybridized carbons (Fsp3) is 0.263. The predicted octanol–water partition coefficient (Wildman–Crippen LogP) is 4.60. The molecule has 4 nitrogen and oxygen atoms in total. The number of carbonyl (C=O) groups excluding carboxylic acids is 2. The van der Waals surface area contributed by atoms with E-state index in [1.54, 1.807) is 36.4 Å². The zero-order chi connectivity index (χ0) is 18.2. The van der Waals surface area contributed by atoms with Crippen molar-refractivity contribution in [3.63, 3.8) is 0 Å². The summed E-state index contributed by atoms with van der Waals surface area (Å²) in [4.78, 5) is 25.5. The second-order valence-electron chi connectivity index (χ2n) is 5.62. The van der Waals surface area contributed by atoms with Gasteiger partial charge in [-0.25, -0.2) is 0 Å². The Balaban J connectivity index is 1.98. The van der Waals surface area contributed by atoms with Gasteiger partial charge in [0, 0.05) is 16.0 Å². The molecule has 0 aliphatic heterocycles. The summed E-state index contributed by atoms with van der Waals surface area (Å²) in [5.74, 6) is -0.0949. The lowest BCUT2D eigenvalue weighted by Crippen LogP contribution is -2.32. The van der Waals surface area contributed by atoms with Gasteiger partial charge in [0.25, 0.3) is 5.91 Å². The molecule has 1 atom stereocenters. The minimum Gasteiger partial charge on any atom is -0.350 e. The molecule has 0 heterocycles. The minimum absolute atomic E-state index is 0.0803. The minimum atomic E-state index is -0.185. The molecule has 2 rings (SSSR count). The number of halogens is 1. The third kappa shape index (κ3) is 6.11. The molecule has 0 aliphatic carbocycles. The van der Waals surface area contributed by atoms with Gasteiger partial charge in [-0.2, -0.15) is 0 Å². The average Bonchev–Trinajstić information content (AvgIpc) is 2.61. The number of hydrogen-bond donors (Lipinski definition) is 2. The normalized spacial score (nSPS) is 11.6. The Labute approximate surface area is 157 Å². The number of benzene rings is 2. The first-order valence-electron chi connectivity index (χ1n) is 8.07. The van der Waals surface area contributed by atoms with Crippen molar-refractivity contribution >= 4 is 40.9 Å². The van der Waals surface area contributed by atoms with Crippen LogP contribution in [0.4, 0.5) is 5.69 Å². The molecule has 0 radical (unpaired) electrons. The number of amides is 2. The van der Waals surface area contributed by atoms with Gasteiger partial charge >= 0.3 is 0 Å². The molecule has 2 aromatic rings. The van der Waals surface area contributed by atoms with E-state index in [0.29, 0.717) is 16.3 Å². The van der Waals surface area contributed by atoms with Gasteiger partial charge in [0.2, 0.25) is 5.91 Å². The molecule has 25 heavy (non-hydrogen) atoms. The van der Waals surface area contributed by atoms with Crippen LogP contribution in [-0.4, -0.2) is 23.6 Å². The molecule has 6 heteroatoms. The zero-order valence-electron chi connectivity index (χ0n) is 14.2. The lowest BCUT2D eigenvalue weighted by molar-refractivity contribution is -0.113. The third-order valence-electron chi connectivity index (χ3n) is 3.62. The Morgan fingerprint density at radius 2 is 1.80 bits per heavy atom. The molecule has 0 saturated carbocycles. The van der Waals surface area contributed by atoms with E-state index in [2.05, 4.69) is 10.6 Å². The van der Waals surface area contributed by atoms with E-state index < -0.39 is 0 Å². The van der Waals surface area contributed by atoms with Crippen molar-refractivity contribution in [1.29, 1.82) is 0 Å². The Bertz CT molecular complexity index is 734. The Hall–Kier alpha value is -1.98. The van der Waals surface area contributed by atoms with Gasteiger partial charge < -0.3 is 10.6 Å². The summed E-state index contributed by atoms with van der Waals surface area (Å²) < 4.78 is 0. The summed E-state index contributed by atoms with van der Waals surface area (Å²) >= 11 is 7.26. The van der Waals surface area contributed by atoms with Crippen LogP contribution in [0.15, 0.2) is 53.4 Å². The van der Waals surface area contributed by atoms with Crippen molar-refractivity contribution in [2.45, 2.75) is 31.2 Å². The Kier molecular flexibility index (Phi) is 7.34. The van der Waals surface area contributed by atoms with E-state index >= 15 is 0 Å². The number of thioether (sulfide) groups is 1. The molecule has 0 aliphatic rings. The van der Waals surface area contributed by atoms with Gasteiger partial charge in [0.15, 0.2) is 0 Å². The van der Waals surface area contributed by atoms with Gasteiger partial charge in [0.05, 0.1) is 17.0 Å². The highest BCUT2D eigenvalue weighted by atomic mass is 35.5. The number of nitrogens with one attached hydrogen (secondary N) is 2. The largest absolute Gasteiger partial charge is 0.350 e. The van der Waals surface area contributed by atoms with E-state index in [9.17, 15) is 9.59 Å². The molecule has 0 aromatic heterocycles. The van der Waals surface area contributed by atoms with Crippen LogP contribution in [0.1, 0.15) is 30.6 Å². The molecule has 2 amide bonds. The van der Waals surface area contributed by atoms with Crippen LogP contribution in [0.5, 0.6) is 0 Å². The van der Waals surface area contributed by atoms with Crippen molar-refractivity contribution in [2.75, 3.05) is 11.1 Å². The highest BCUT2D eigenvalue weighted by Crippen LogP contribution is 2.21. The van der Waals surface area contributed by atoms with E-state index in [0.717, 1.165) is 11.3 Å².